The average molecular weight is 535 g/mol. The summed E-state index contributed by atoms with van der Waals surface area (Å²) in [6, 6.07) is 13.6. The van der Waals surface area contributed by atoms with Crippen LogP contribution in [0, 0.1) is 0 Å². The Bertz CT molecular complexity index is 1260. The number of thiophene rings is 1. The third-order valence-electron chi connectivity index (χ3n) is 7.11. The molecule has 1 atom stereocenters. The summed E-state index contributed by atoms with van der Waals surface area (Å²) in [5, 5.41) is 4.89. The van der Waals surface area contributed by atoms with Gasteiger partial charge in [-0.2, -0.15) is 0 Å². The zero-order chi connectivity index (χ0) is 26.5. The van der Waals surface area contributed by atoms with E-state index in [1.54, 1.807) is 60.0 Å². The van der Waals surface area contributed by atoms with Gasteiger partial charge < -0.3 is 19.7 Å². The van der Waals surface area contributed by atoms with Crippen molar-refractivity contribution >= 4 is 29.1 Å². The molecule has 2 aliphatic heterocycles. The van der Waals surface area contributed by atoms with Crippen molar-refractivity contribution in [2.24, 2.45) is 0 Å². The predicted octanol–water partition coefficient (Wildman–Crippen LogP) is 2.87. The molecule has 5 rings (SSSR count). The molecule has 1 N–H and O–H groups in total. The largest absolute Gasteiger partial charge is 0.497 e. The molecule has 0 radical (unpaired) electrons. The lowest BCUT2D eigenvalue weighted by Gasteiger charge is -2.44. The first kappa shape index (κ1) is 25.9. The molecule has 0 aliphatic carbocycles. The fourth-order valence-electron chi connectivity index (χ4n) is 5.03. The predicted molar refractivity (Wildman–Crippen MR) is 142 cm³/mol. The van der Waals surface area contributed by atoms with Gasteiger partial charge in [-0.25, -0.2) is 0 Å². The maximum Gasteiger partial charge on any atom is 0.256 e. The molecule has 0 bridgehead atoms. The summed E-state index contributed by atoms with van der Waals surface area (Å²) >= 11 is 1.56. The molecule has 9 nitrogen and oxygen atoms in total. The topological polar surface area (TPSA) is 101 Å². The van der Waals surface area contributed by atoms with E-state index in [1.165, 1.54) is 0 Å². The van der Waals surface area contributed by atoms with Gasteiger partial charge in [0.05, 0.1) is 20.1 Å². The number of rotatable bonds is 7. The fourth-order valence-corrected chi connectivity index (χ4v) is 5.72. The molecule has 0 unspecified atom stereocenters. The number of benzene rings is 1. The number of hydrogen-bond acceptors (Lipinski definition) is 7. The van der Waals surface area contributed by atoms with Crippen LogP contribution in [0.15, 0.2) is 66.3 Å². The van der Waals surface area contributed by atoms with Crippen LogP contribution in [0.4, 0.5) is 0 Å². The maximum atomic E-state index is 13.9. The molecule has 3 aromatic rings. The third-order valence-corrected chi connectivity index (χ3v) is 7.99. The number of carbonyl (C=O) groups excluding carboxylic acids is 3. The van der Waals surface area contributed by atoms with Gasteiger partial charge in [-0.1, -0.05) is 12.1 Å². The quantitative estimate of drug-likeness (QED) is 0.500. The Morgan fingerprint density at radius 2 is 1.92 bits per heavy atom. The van der Waals surface area contributed by atoms with Gasteiger partial charge in [0.15, 0.2) is 0 Å². The lowest BCUT2D eigenvalue weighted by atomic mass is 9.96. The van der Waals surface area contributed by atoms with Crippen molar-refractivity contribution in [2.45, 2.75) is 37.6 Å². The molecule has 2 fully saturated rings. The Morgan fingerprint density at radius 3 is 2.58 bits per heavy atom. The number of hydrogen-bond donors (Lipinski definition) is 1. The van der Waals surface area contributed by atoms with Crippen LogP contribution >= 0.6 is 11.3 Å². The van der Waals surface area contributed by atoms with Crippen LogP contribution in [-0.4, -0.2) is 71.1 Å². The van der Waals surface area contributed by atoms with E-state index in [2.05, 4.69) is 10.3 Å². The first-order valence-corrected chi connectivity index (χ1v) is 13.5. The number of nitrogens with one attached hydrogen (secondary N) is 1. The van der Waals surface area contributed by atoms with Gasteiger partial charge in [-0.05, 0) is 47.3 Å². The Labute approximate surface area is 225 Å². The summed E-state index contributed by atoms with van der Waals surface area (Å²) in [5.74, 6) is 0.116. The molecule has 2 saturated heterocycles. The van der Waals surface area contributed by atoms with Gasteiger partial charge in [0.1, 0.15) is 17.5 Å². The minimum Gasteiger partial charge on any atom is -0.497 e. The SMILES string of the molecule is COc1ccc(C(=O)N2[C@H](C(=O)NCc3cccnc3)COC23CCN(C(=O)Cc2cccs2)CC3)cc1. The van der Waals surface area contributed by atoms with E-state index >= 15 is 0 Å². The zero-order valence-corrected chi connectivity index (χ0v) is 22.0. The fraction of sp³-hybridized carbons (Fsp3) is 0.357. The van der Waals surface area contributed by atoms with Gasteiger partial charge >= 0.3 is 0 Å². The first-order valence-electron chi connectivity index (χ1n) is 12.6. The van der Waals surface area contributed by atoms with Crippen molar-refractivity contribution in [3.05, 3.63) is 82.3 Å². The van der Waals surface area contributed by atoms with Crippen LogP contribution in [0.5, 0.6) is 5.75 Å². The molecule has 3 amide bonds. The van der Waals surface area contributed by atoms with E-state index in [0.717, 1.165) is 10.4 Å². The summed E-state index contributed by atoms with van der Waals surface area (Å²) in [6.07, 6.45) is 4.58. The van der Waals surface area contributed by atoms with Crippen LogP contribution in [0.3, 0.4) is 0 Å². The van der Waals surface area contributed by atoms with Crippen molar-refractivity contribution in [3.8, 4) is 5.75 Å². The zero-order valence-electron chi connectivity index (χ0n) is 21.2. The first-order chi connectivity index (χ1) is 18.5. The monoisotopic (exact) mass is 534 g/mol. The number of piperidine rings is 1. The molecule has 0 saturated carbocycles. The van der Waals surface area contributed by atoms with Crippen LogP contribution in [0.2, 0.25) is 0 Å². The van der Waals surface area contributed by atoms with Crippen LogP contribution in [0.1, 0.15) is 33.6 Å². The second kappa shape index (κ2) is 11.3. The highest BCUT2D eigenvalue weighted by Gasteiger charge is 2.54. The normalized spacial score (nSPS) is 18.4. The van der Waals surface area contributed by atoms with Crippen molar-refractivity contribution in [2.75, 3.05) is 26.8 Å². The minimum absolute atomic E-state index is 0.0547. The molecule has 4 heterocycles. The number of methoxy groups -OCH3 is 1. The van der Waals surface area contributed by atoms with E-state index in [4.69, 9.17) is 9.47 Å². The molecule has 2 aromatic heterocycles. The number of nitrogens with zero attached hydrogens (tertiary/aromatic N) is 3. The second-order valence-electron chi connectivity index (χ2n) is 9.39. The number of pyridine rings is 1. The highest BCUT2D eigenvalue weighted by atomic mass is 32.1. The van der Waals surface area contributed by atoms with Crippen LogP contribution in [-0.2, 0) is 27.3 Å². The van der Waals surface area contributed by atoms with E-state index in [1.807, 2.05) is 34.5 Å². The van der Waals surface area contributed by atoms with E-state index in [0.29, 0.717) is 50.2 Å². The summed E-state index contributed by atoms with van der Waals surface area (Å²) in [5.41, 5.74) is 0.338. The maximum absolute atomic E-state index is 13.9. The number of likely N-dealkylation sites (tertiary alicyclic amines) is 1. The Kier molecular flexibility index (Phi) is 7.71. The summed E-state index contributed by atoms with van der Waals surface area (Å²) in [4.78, 5) is 48.6. The van der Waals surface area contributed by atoms with E-state index < -0.39 is 11.8 Å². The molecule has 1 aromatic carbocycles. The molecular formula is C28H30N4O5S. The number of carbonyl (C=O) groups is 3. The molecule has 1 spiro atoms. The van der Waals surface area contributed by atoms with E-state index in [-0.39, 0.29) is 24.3 Å². The molecule has 198 valence electrons. The van der Waals surface area contributed by atoms with Crippen molar-refractivity contribution in [1.29, 1.82) is 0 Å². The number of aromatic nitrogens is 1. The van der Waals surface area contributed by atoms with Crippen molar-refractivity contribution in [3.63, 3.8) is 0 Å². The Balaban J connectivity index is 1.34. The minimum atomic E-state index is -0.965. The van der Waals surface area contributed by atoms with Gasteiger partial charge in [0.25, 0.3) is 5.91 Å². The van der Waals surface area contributed by atoms with Gasteiger partial charge in [0, 0.05) is 55.3 Å². The smallest absolute Gasteiger partial charge is 0.256 e. The van der Waals surface area contributed by atoms with Gasteiger partial charge in [-0.15, -0.1) is 11.3 Å². The van der Waals surface area contributed by atoms with Crippen molar-refractivity contribution < 1.29 is 23.9 Å². The second-order valence-corrected chi connectivity index (χ2v) is 10.4. The lowest BCUT2D eigenvalue weighted by molar-refractivity contribution is -0.143. The van der Waals surface area contributed by atoms with Crippen molar-refractivity contribution in [1.82, 2.24) is 20.1 Å². The standard InChI is InChI=1S/C28H30N4O5S/c1-36-22-8-6-21(7-9-22)27(35)32-24(26(34)30-18-20-4-2-12-29-17-20)19-37-28(32)10-13-31(14-11-28)25(33)16-23-5-3-15-38-23/h2-9,12,15,17,24H,10-11,13-14,16,18-19H2,1H3,(H,30,34)/t24-/m0/s1. The summed E-state index contributed by atoms with van der Waals surface area (Å²) < 4.78 is 11.5. The van der Waals surface area contributed by atoms with E-state index in [9.17, 15) is 14.4 Å². The highest BCUT2D eigenvalue weighted by molar-refractivity contribution is 7.10. The molecular weight excluding hydrogens is 504 g/mol. The number of amides is 3. The lowest BCUT2D eigenvalue weighted by Crippen LogP contribution is -2.59. The number of ether oxygens (including phenoxy) is 2. The summed E-state index contributed by atoms with van der Waals surface area (Å²) in [6.45, 7) is 1.27. The Hall–Kier alpha value is -3.76. The molecule has 38 heavy (non-hydrogen) atoms. The highest BCUT2D eigenvalue weighted by Crippen LogP contribution is 2.39. The third kappa shape index (κ3) is 5.41. The van der Waals surface area contributed by atoms with Crippen LogP contribution in [0.25, 0.3) is 0 Å². The Morgan fingerprint density at radius 1 is 1.13 bits per heavy atom. The molecule has 2 aliphatic rings. The van der Waals surface area contributed by atoms with Gasteiger partial charge in [0.2, 0.25) is 11.8 Å². The van der Waals surface area contributed by atoms with Gasteiger partial charge in [-0.3, -0.25) is 24.3 Å². The molecule has 10 heteroatoms. The van der Waals surface area contributed by atoms with Crippen LogP contribution < -0.4 is 10.1 Å². The average Bonchev–Trinajstić information content (AvgIpc) is 3.60. The summed E-state index contributed by atoms with van der Waals surface area (Å²) in [7, 11) is 1.57.